The van der Waals surface area contributed by atoms with Gasteiger partial charge in [0.05, 0.1) is 0 Å². The van der Waals surface area contributed by atoms with Crippen LogP contribution in [0.5, 0.6) is 0 Å². The molecule has 4 nitrogen and oxygen atoms in total. The van der Waals surface area contributed by atoms with Crippen LogP contribution in [0, 0.1) is 0 Å². The third-order valence-corrected chi connectivity index (χ3v) is 14.1. The fourth-order valence-corrected chi connectivity index (χ4v) is 10.5. The van der Waals surface area contributed by atoms with E-state index in [1.54, 1.807) is 0 Å². The average molecular weight is 788 g/mol. The predicted octanol–water partition coefficient (Wildman–Crippen LogP) is 12.7. The molecule has 9 aromatic carbocycles. The van der Waals surface area contributed by atoms with Crippen molar-refractivity contribution in [2.24, 2.45) is 0 Å². The number of benzene rings is 9. The van der Waals surface area contributed by atoms with Crippen molar-refractivity contribution < 1.29 is 4.57 Å². The van der Waals surface area contributed by atoms with Gasteiger partial charge in [0.1, 0.15) is 0 Å². The normalized spacial score (nSPS) is 11.4. The Morgan fingerprint density at radius 3 is 1.18 bits per heavy atom. The SMILES string of the molecule is O=P(c1ccccc1)(c1ccccc1)c1ccc(-c2ccc3c(-c4ccc(-c5nc(-c6ccccc6)nc(-c6ccc(-c7ccccc7)cc6)n5)cc4)cccc3c2)cc1. The second-order valence-corrected chi connectivity index (χ2v) is 17.5. The van der Waals surface area contributed by atoms with Crippen molar-refractivity contribution in [1.82, 2.24) is 15.0 Å². The zero-order valence-electron chi connectivity index (χ0n) is 32.6. The molecule has 284 valence electrons. The summed E-state index contributed by atoms with van der Waals surface area (Å²) in [6, 6.07) is 78.2. The Morgan fingerprint density at radius 2 is 0.650 bits per heavy atom. The summed E-state index contributed by atoms with van der Waals surface area (Å²) in [5.74, 6) is 1.88. The quantitative estimate of drug-likeness (QED) is 0.137. The van der Waals surface area contributed by atoms with E-state index in [1.165, 1.54) is 5.56 Å². The molecule has 60 heavy (non-hydrogen) atoms. The van der Waals surface area contributed by atoms with Gasteiger partial charge >= 0.3 is 0 Å². The molecule has 5 heteroatoms. The first-order valence-corrected chi connectivity index (χ1v) is 21.7. The molecule has 0 bridgehead atoms. The number of hydrogen-bond acceptors (Lipinski definition) is 4. The van der Waals surface area contributed by atoms with E-state index in [4.69, 9.17) is 15.0 Å². The molecule has 0 atom stereocenters. The summed E-state index contributed by atoms with van der Waals surface area (Å²) in [6.45, 7) is 0. The highest BCUT2D eigenvalue weighted by Gasteiger charge is 2.29. The smallest absolute Gasteiger partial charge is 0.171 e. The first kappa shape index (κ1) is 36.8. The Morgan fingerprint density at radius 1 is 0.283 bits per heavy atom. The molecule has 1 aromatic heterocycles. The number of hydrogen-bond donors (Lipinski definition) is 0. The monoisotopic (exact) mass is 787 g/mol. The summed E-state index contributed by atoms with van der Waals surface area (Å²) in [4.78, 5) is 14.9. The highest BCUT2D eigenvalue weighted by molar-refractivity contribution is 7.85. The van der Waals surface area contributed by atoms with E-state index in [0.717, 1.165) is 71.2 Å². The lowest BCUT2D eigenvalue weighted by Crippen LogP contribution is -2.24. The molecule has 0 aliphatic rings. The van der Waals surface area contributed by atoms with Gasteiger partial charge in [-0.25, -0.2) is 15.0 Å². The minimum absolute atomic E-state index is 0.620. The molecule has 1 heterocycles. The zero-order chi connectivity index (χ0) is 40.3. The van der Waals surface area contributed by atoms with Gasteiger partial charge in [-0.05, 0) is 50.2 Å². The lowest BCUT2D eigenvalue weighted by Gasteiger charge is -2.20. The highest BCUT2D eigenvalue weighted by atomic mass is 31.2. The van der Waals surface area contributed by atoms with Crippen LogP contribution in [0.3, 0.4) is 0 Å². The van der Waals surface area contributed by atoms with Gasteiger partial charge < -0.3 is 4.57 Å². The van der Waals surface area contributed by atoms with Crippen LogP contribution in [0.25, 0.3) is 78.3 Å². The van der Waals surface area contributed by atoms with Gasteiger partial charge in [-0.3, -0.25) is 0 Å². The minimum Gasteiger partial charge on any atom is -0.309 e. The molecule has 0 amide bonds. The van der Waals surface area contributed by atoms with E-state index >= 15 is 0 Å². The van der Waals surface area contributed by atoms with E-state index in [2.05, 4.69) is 121 Å². The van der Waals surface area contributed by atoms with Crippen molar-refractivity contribution in [3.05, 3.63) is 231 Å². The lowest BCUT2D eigenvalue weighted by molar-refractivity contribution is 0.592. The van der Waals surface area contributed by atoms with Gasteiger partial charge in [0, 0.05) is 32.6 Å². The molecule has 0 aliphatic heterocycles. The lowest BCUT2D eigenvalue weighted by atomic mass is 9.95. The molecule has 10 aromatic rings. The van der Waals surface area contributed by atoms with Crippen LogP contribution >= 0.6 is 7.14 Å². The number of aromatic nitrogens is 3. The molecular formula is C55H38N3OP. The fourth-order valence-electron chi connectivity index (χ4n) is 7.89. The van der Waals surface area contributed by atoms with Gasteiger partial charge in [0.2, 0.25) is 0 Å². The standard InChI is InChI=1S/C55H38N3OP/c59-60(48-19-9-3-10-20-48,49-21-11-4-12-22-49)50-35-32-41(33-36-50)46-34-37-52-47(38-46)18-13-23-51(52)42-26-30-45(31-27-42)55-57-53(43-16-7-2-8-17-43)56-54(58-55)44-28-24-40(25-29-44)39-14-5-1-6-15-39/h1-38H. The summed E-state index contributed by atoms with van der Waals surface area (Å²) >= 11 is 0. The van der Waals surface area contributed by atoms with Crippen LogP contribution < -0.4 is 15.9 Å². The van der Waals surface area contributed by atoms with Gasteiger partial charge in [0.15, 0.2) is 24.6 Å². The van der Waals surface area contributed by atoms with E-state index in [-0.39, 0.29) is 0 Å². The average Bonchev–Trinajstić information content (AvgIpc) is 3.34. The molecule has 0 saturated heterocycles. The van der Waals surface area contributed by atoms with Crippen molar-refractivity contribution in [2.45, 2.75) is 0 Å². The summed E-state index contributed by atoms with van der Waals surface area (Å²) < 4.78 is 14.9. The van der Waals surface area contributed by atoms with Crippen molar-refractivity contribution in [3.8, 4) is 67.5 Å². The fraction of sp³-hybridized carbons (Fsp3) is 0. The first-order valence-electron chi connectivity index (χ1n) is 20.0. The summed E-state index contributed by atoms with van der Waals surface area (Å²) in [5.41, 5.74) is 9.51. The van der Waals surface area contributed by atoms with Gasteiger partial charge in [-0.15, -0.1) is 0 Å². The largest absolute Gasteiger partial charge is 0.309 e. The Hall–Kier alpha value is -7.52. The molecule has 0 aliphatic carbocycles. The molecule has 0 fully saturated rings. The van der Waals surface area contributed by atoms with Gasteiger partial charge in [-0.1, -0.05) is 224 Å². The maximum absolute atomic E-state index is 14.9. The molecule has 10 rings (SSSR count). The van der Waals surface area contributed by atoms with Crippen LogP contribution in [0.2, 0.25) is 0 Å². The molecule has 0 saturated carbocycles. The predicted molar refractivity (Wildman–Crippen MR) is 249 cm³/mol. The Labute approximate surface area is 350 Å². The second-order valence-electron chi connectivity index (χ2n) is 14.8. The first-order chi connectivity index (χ1) is 29.6. The molecule has 0 unspecified atom stereocenters. The summed E-state index contributed by atoms with van der Waals surface area (Å²) in [7, 11) is -3.05. The molecule has 0 spiro atoms. The van der Waals surface area contributed by atoms with Crippen LogP contribution in [-0.2, 0) is 4.57 Å². The Kier molecular flexibility index (Phi) is 9.83. The van der Waals surface area contributed by atoms with Crippen molar-refractivity contribution in [2.75, 3.05) is 0 Å². The zero-order valence-corrected chi connectivity index (χ0v) is 33.5. The van der Waals surface area contributed by atoms with E-state index < -0.39 is 7.14 Å². The number of nitrogens with zero attached hydrogens (tertiary/aromatic N) is 3. The minimum atomic E-state index is -3.05. The van der Waals surface area contributed by atoms with Crippen molar-refractivity contribution in [3.63, 3.8) is 0 Å². The maximum atomic E-state index is 14.9. The van der Waals surface area contributed by atoms with Crippen LogP contribution in [0.1, 0.15) is 0 Å². The molecule has 0 radical (unpaired) electrons. The van der Waals surface area contributed by atoms with Crippen LogP contribution in [0.15, 0.2) is 231 Å². The third-order valence-electron chi connectivity index (χ3n) is 11.1. The molecule has 0 N–H and O–H groups in total. The van der Waals surface area contributed by atoms with Crippen molar-refractivity contribution >= 4 is 33.8 Å². The highest BCUT2D eigenvalue weighted by Crippen LogP contribution is 2.43. The van der Waals surface area contributed by atoms with Crippen LogP contribution in [0.4, 0.5) is 0 Å². The van der Waals surface area contributed by atoms with Crippen molar-refractivity contribution in [1.29, 1.82) is 0 Å². The maximum Gasteiger partial charge on any atom is 0.171 e. The van der Waals surface area contributed by atoms with E-state index in [9.17, 15) is 4.57 Å². The van der Waals surface area contributed by atoms with Gasteiger partial charge in [0.25, 0.3) is 0 Å². The van der Waals surface area contributed by atoms with Crippen LogP contribution in [-0.4, -0.2) is 15.0 Å². The topological polar surface area (TPSA) is 55.7 Å². The summed E-state index contributed by atoms with van der Waals surface area (Å²) in [5, 5.41) is 4.78. The third kappa shape index (κ3) is 7.15. The Balaban J connectivity index is 0.953. The van der Waals surface area contributed by atoms with E-state index in [1.807, 2.05) is 109 Å². The number of fused-ring (bicyclic) bond motifs is 1. The Bertz CT molecular complexity index is 3080. The summed E-state index contributed by atoms with van der Waals surface area (Å²) in [6.07, 6.45) is 0. The second kappa shape index (κ2) is 16.0. The van der Waals surface area contributed by atoms with E-state index in [0.29, 0.717) is 17.5 Å². The van der Waals surface area contributed by atoms with Gasteiger partial charge in [-0.2, -0.15) is 0 Å². The number of rotatable bonds is 9. The molecular weight excluding hydrogens is 750 g/mol.